The molecule has 2 aliphatic carbocycles. The molecule has 0 saturated heterocycles. The molecule has 2 nitrogen and oxygen atoms in total. The third kappa shape index (κ3) is 3.79. The maximum atomic E-state index is 5.95. The maximum absolute atomic E-state index is 5.95. The van der Waals surface area contributed by atoms with Crippen LogP contribution in [-0.4, -0.2) is 13.2 Å². The van der Waals surface area contributed by atoms with Crippen molar-refractivity contribution in [3.05, 3.63) is 29.8 Å². The van der Waals surface area contributed by atoms with Gasteiger partial charge in [-0.2, -0.15) is 0 Å². The van der Waals surface area contributed by atoms with Crippen LogP contribution in [0.1, 0.15) is 64.0 Å². The molecule has 1 aromatic rings. The number of rotatable bonds is 5. The monoisotopic (exact) mass is 287 g/mol. The van der Waals surface area contributed by atoms with Crippen LogP contribution in [0.4, 0.5) is 0 Å². The van der Waals surface area contributed by atoms with Crippen LogP contribution < -0.4 is 10.1 Å². The van der Waals surface area contributed by atoms with Gasteiger partial charge in [0.2, 0.25) is 0 Å². The predicted molar refractivity (Wildman–Crippen MR) is 87.6 cm³/mol. The van der Waals surface area contributed by atoms with Gasteiger partial charge >= 0.3 is 0 Å². The van der Waals surface area contributed by atoms with Gasteiger partial charge in [-0.3, -0.25) is 0 Å². The number of hydrogen-bond acceptors (Lipinski definition) is 2. The molecule has 0 aromatic heterocycles. The van der Waals surface area contributed by atoms with Crippen molar-refractivity contribution >= 4 is 0 Å². The smallest absolute Gasteiger partial charge is 0.120 e. The lowest BCUT2D eigenvalue weighted by Gasteiger charge is -2.38. The van der Waals surface area contributed by atoms with Crippen LogP contribution in [0.15, 0.2) is 24.3 Å². The first-order valence-corrected chi connectivity index (χ1v) is 8.51. The van der Waals surface area contributed by atoms with Crippen LogP contribution in [0.5, 0.6) is 5.75 Å². The second-order valence-electron chi connectivity index (χ2n) is 7.66. The van der Waals surface area contributed by atoms with E-state index in [1.165, 1.54) is 44.1 Å². The van der Waals surface area contributed by atoms with Crippen molar-refractivity contribution < 1.29 is 4.74 Å². The minimum absolute atomic E-state index is 0.462. The van der Waals surface area contributed by atoms with Crippen LogP contribution in [0, 0.1) is 11.3 Å². The highest BCUT2D eigenvalue weighted by atomic mass is 16.5. The molecule has 0 spiro atoms. The van der Waals surface area contributed by atoms with E-state index in [9.17, 15) is 0 Å². The van der Waals surface area contributed by atoms with Crippen LogP contribution in [0.2, 0.25) is 0 Å². The number of ether oxygens (including phenoxy) is 1. The lowest BCUT2D eigenvalue weighted by Crippen LogP contribution is -2.31. The van der Waals surface area contributed by atoms with E-state index in [-0.39, 0.29) is 0 Å². The average Bonchev–Trinajstić information content (AvgIpc) is 3.26. The first kappa shape index (κ1) is 14.9. The Morgan fingerprint density at radius 2 is 1.86 bits per heavy atom. The quantitative estimate of drug-likeness (QED) is 0.847. The van der Waals surface area contributed by atoms with Gasteiger partial charge in [-0.15, -0.1) is 0 Å². The molecule has 2 saturated carbocycles. The largest absolute Gasteiger partial charge is 0.490 e. The van der Waals surface area contributed by atoms with Crippen LogP contribution in [0.25, 0.3) is 0 Å². The van der Waals surface area contributed by atoms with Gasteiger partial charge in [0.25, 0.3) is 0 Å². The van der Waals surface area contributed by atoms with Gasteiger partial charge in [0.15, 0.2) is 0 Å². The summed E-state index contributed by atoms with van der Waals surface area (Å²) in [5.74, 6) is 1.80. The van der Waals surface area contributed by atoms with E-state index in [1.807, 2.05) is 0 Å². The molecule has 0 radical (unpaired) electrons. The molecule has 116 valence electrons. The van der Waals surface area contributed by atoms with E-state index in [1.54, 1.807) is 0 Å². The van der Waals surface area contributed by atoms with E-state index in [2.05, 4.69) is 50.5 Å². The minimum atomic E-state index is 0.462. The third-order valence-corrected chi connectivity index (χ3v) is 5.21. The molecular weight excluding hydrogens is 258 g/mol. The maximum Gasteiger partial charge on any atom is 0.120 e. The molecule has 2 heteroatoms. The molecule has 1 atom stereocenters. The SMILES string of the molecule is CNC(c1cccc(OC2CC2)c1)C1CCC(C)(C)CC1. The summed E-state index contributed by atoms with van der Waals surface area (Å²) in [5, 5.41) is 3.56. The van der Waals surface area contributed by atoms with Gasteiger partial charge < -0.3 is 10.1 Å². The van der Waals surface area contributed by atoms with Gasteiger partial charge in [0, 0.05) is 6.04 Å². The minimum Gasteiger partial charge on any atom is -0.490 e. The number of hydrogen-bond donors (Lipinski definition) is 1. The van der Waals surface area contributed by atoms with E-state index in [0.717, 1.165) is 11.7 Å². The molecule has 2 fully saturated rings. The van der Waals surface area contributed by atoms with E-state index >= 15 is 0 Å². The highest BCUT2D eigenvalue weighted by Gasteiger charge is 2.31. The molecule has 21 heavy (non-hydrogen) atoms. The molecule has 0 bridgehead atoms. The predicted octanol–water partition coefficient (Wildman–Crippen LogP) is 4.70. The molecule has 3 rings (SSSR count). The summed E-state index contributed by atoms with van der Waals surface area (Å²) in [4.78, 5) is 0. The molecule has 2 aliphatic rings. The van der Waals surface area contributed by atoms with Gasteiger partial charge in [-0.05, 0) is 74.6 Å². The van der Waals surface area contributed by atoms with Crippen LogP contribution in [0.3, 0.4) is 0 Å². The zero-order valence-electron chi connectivity index (χ0n) is 13.7. The summed E-state index contributed by atoms with van der Waals surface area (Å²) in [7, 11) is 2.10. The lowest BCUT2D eigenvalue weighted by molar-refractivity contribution is 0.164. The Hall–Kier alpha value is -1.02. The van der Waals surface area contributed by atoms with Crippen molar-refractivity contribution in [2.24, 2.45) is 11.3 Å². The first-order chi connectivity index (χ1) is 10.1. The Morgan fingerprint density at radius 3 is 2.48 bits per heavy atom. The third-order valence-electron chi connectivity index (χ3n) is 5.21. The zero-order chi connectivity index (χ0) is 14.9. The summed E-state index contributed by atoms with van der Waals surface area (Å²) in [6, 6.07) is 9.20. The summed E-state index contributed by atoms with van der Waals surface area (Å²) < 4.78 is 5.95. The van der Waals surface area contributed by atoms with Crippen molar-refractivity contribution in [1.29, 1.82) is 0 Å². The average molecular weight is 287 g/mol. The fourth-order valence-electron chi connectivity index (χ4n) is 3.59. The molecule has 1 unspecified atom stereocenters. The number of nitrogens with one attached hydrogen (secondary N) is 1. The Balaban J connectivity index is 1.70. The van der Waals surface area contributed by atoms with E-state index in [4.69, 9.17) is 4.74 Å². The number of benzene rings is 1. The Labute approximate surface area is 129 Å². The topological polar surface area (TPSA) is 21.3 Å². The summed E-state index contributed by atoms with van der Waals surface area (Å²) in [5.41, 5.74) is 1.92. The van der Waals surface area contributed by atoms with Gasteiger partial charge in [-0.25, -0.2) is 0 Å². The summed E-state index contributed by atoms with van der Waals surface area (Å²) >= 11 is 0. The normalized spacial score (nSPS) is 23.8. The van der Waals surface area contributed by atoms with Crippen molar-refractivity contribution in [1.82, 2.24) is 5.32 Å². The fourth-order valence-corrected chi connectivity index (χ4v) is 3.59. The van der Waals surface area contributed by atoms with E-state index < -0.39 is 0 Å². The van der Waals surface area contributed by atoms with Gasteiger partial charge in [-0.1, -0.05) is 26.0 Å². The van der Waals surface area contributed by atoms with Crippen LogP contribution >= 0.6 is 0 Å². The standard InChI is InChI=1S/C19H29NO/c1-19(2)11-9-14(10-12-19)18(20-3)15-5-4-6-17(13-15)21-16-7-8-16/h4-6,13-14,16,18,20H,7-12H2,1-3H3. The Bertz CT molecular complexity index is 468. The molecular formula is C19H29NO. The second kappa shape index (κ2) is 6.00. The highest BCUT2D eigenvalue weighted by molar-refractivity contribution is 5.31. The highest BCUT2D eigenvalue weighted by Crippen LogP contribution is 2.43. The Kier molecular flexibility index (Phi) is 4.26. The summed E-state index contributed by atoms with van der Waals surface area (Å²) in [6.07, 6.45) is 8.25. The Morgan fingerprint density at radius 1 is 1.14 bits per heavy atom. The lowest BCUT2D eigenvalue weighted by atomic mass is 9.70. The zero-order valence-corrected chi connectivity index (χ0v) is 13.7. The van der Waals surface area contributed by atoms with Gasteiger partial charge in [0.05, 0.1) is 6.10 Å². The second-order valence-corrected chi connectivity index (χ2v) is 7.66. The van der Waals surface area contributed by atoms with Crippen molar-refractivity contribution in [2.75, 3.05) is 7.05 Å². The molecule has 0 heterocycles. The fraction of sp³-hybridized carbons (Fsp3) is 0.684. The van der Waals surface area contributed by atoms with Crippen molar-refractivity contribution in [3.63, 3.8) is 0 Å². The van der Waals surface area contributed by atoms with E-state index in [0.29, 0.717) is 17.6 Å². The molecule has 1 N–H and O–H groups in total. The molecule has 1 aromatic carbocycles. The van der Waals surface area contributed by atoms with Crippen molar-refractivity contribution in [3.8, 4) is 5.75 Å². The van der Waals surface area contributed by atoms with Gasteiger partial charge in [0.1, 0.15) is 5.75 Å². The van der Waals surface area contributed by atoms with Crippen LogP contribution in [-0.2, 0) is 0 Å². The molecule has 0 aliphatic heterocycles. The summed E-state index contributed by atoms with van der Waals surface area (Å²) in [6.45, 7) is 4.81. The first-order valence-electron chi connectivity index (χ1n) is 8.51. The van der Waals surface area contributed by atoms with Crippen molar-refractivity contribution in [2.45, 2.75) is 64.5 Å². The molecule has 0 amide bonds.